The molecule has 148 valence electrons. The zero-order chi connectivity index (χ0) is 20.4. The van der Waals surface area contributed by atoms with E-state index >= 15 is 0 Å². The Bertz CT molecular complexity index is 228. The monoisotopic (exact) mass is 363 g/mol. The highest BCUT2D eigenvalue weighted by atomic mass is 35.5. The van der Waals surface area contributed by atoms with Crippen molar-refractivity contribution >= 4 is 11.6 Å². The van der Waals surface area contributed by atoms with Crippen molar-refractivity contribution in [3.8, 4) is 0 Å². The summed E-state index contributed by atoms with van der Waals surface area (Å²) in [5.41, 5.74) is 0.979. The van der Waals surface area contributed by atoms with Crippen molar-refractivity contribution in [3.05, 3.63) is 35.9 Å². The Morgan fingerprint density at radius 1 is 0.917 bits per heavy atom. The molecule has 0 aromatic heterocycles. The summed E-state index contributed by atoms with van der Waals surface area (Å²) in [5, 5.41) is 0.535. The standard InChI is InChI=1S/C7H9Cl.C6H13NO.4C2H6/c1-6(2)4-5-7(3)8;1-2-7-3-5-8-6-4-7;4*1-2/h4-5H,1,3H2,2H3;2-6H2,1H3;4*1-2H3/b5-4-;;;;;. The lowest BCUT2D eigenvalue weighted by molar-refractivity contribution is 0.0405. The van der Waals surface area contributed by atoms with Crippen LogP contribution in [-0.4, -0.2) is 37.7 Å². The molecular weight excluding hydrogens is 318 g/mol. The minimum Gasteiger partial charge on any atom is -0.379 e. The molecule has 0 unspecified atom stereocenters. The van der Waals surface area contributed by atoms with E-state index in [1.165, 1.54) is 6.54 Å². The topological polar surface area (TPSA) is 12.5 Å². The molecule has 0 atom stereocenters. The molecule has 0 amide bonds. The summed E-state index contributed by atoms with van der Waals surface area (Å²) in [7, 11) is 0. The van der Waals surface area contributed by atoms with Gasteiger partial charge in [-0.1, -0.05) is 98.7 Å². The highest BCUT2D eigenvalue weighted by Gasteiger charge is 2.05. The van der Waals surface area contributed by atoms with E-state index in [1.54, 1.807) is 6.08 Å². The molecule has 1 saturated heterocycles. The van der Waals surface area contributed by atoms with E-state index in [0.29, 0.717) is 5.03 Å². The molecule has 0 aromatic carbocycles. The van der Waals surface area contributed by atoms with Gasteiger partial charge < -0.3 is 4.74 Å². The van der Waals surface area contributed by atoms with Gasteiger partial charge in [-0.05, 0) is 19.5 Å². The number of likely N-dealkylation sites (N-methyl/N-ethyl adjacent to an activating group) is 1. The zero-order valence-corrected chi connectivity index (χ0v) is 19.1. The maximum absolute atomic E-state index is 5.40. The Kier molecular flexibility index (Phi) is 55.2. The Morgan fingerprint density at radius 2 is 1.29 bits per heavy atom. The van der Waals surface area contributed by atoms with E-state index in [0.717, 1.165) is 31.9 Å². The van der Waals surface area contributed by atoms with Gasteiger partial charge in [0.25, 0.3) is 0 Å². The minimum absolute atomic E-state index is 0.535. The maximum Gasteiger partial charge on any atom is 0.0594 e. The quantitative estimate of drug-likeness (QED) is 0.487. The van der Waals surface area contributed by atoms with Crippen LogP contribution in [-0.2, 0) is 4.74 Å². The predicted octanol–water partition coefficient (Wildman–Crippen LogP) is 7.31. The first-order valence-electron chi connectivity index (χ1n) is 9.54. The van der Waals surface area contributed by atoms with Crippen LogP contribution in [0.3, 0.4) is 0 Å². The number of hydrogen-bond acceptors (Lipinski definition) is 2. The third kappa shape index (κ3) is 43.0. The molecule has 0 N–H and O–H groups in total. The van der Waals surface area contributed by atoms with E-state index in [-0.39, 0.29) is 0 Å². The van der Waals surface area contributed by atoms with Gasteiger partial charge in [0.2, 0.25) is 0 Å². The summed E-state index contributed by atoms with van der Waals surface area (Å²) in [6.07, 6.45) is 3.53. The average molecular weight is 364 g/mol. The fourth-order valence-electron chi connectivity index (χ4n) is 1.15. The second-order valence-corrected chi connectivity index (χ2v) is 4.16. The molecule has 3 heteroatoms. The molecule has 0 saturated carbocycles. The summed E-state index contributed by atoms with van der Waals surface area (Å²) in [6, 6.07) is 0. The summed E-state index contributed by atoms with van der Waals surface area (Å²) < 4.78 is 5.16. The van der Waals surface area contributed by atoms with Crippen molar-refractivity contribution in [1.29, 1.82) is 0 Å². The van der Waals surface area contributed by atoms with E-state index in [1.807, 2.05) is 68.4 Å². The summed E-state index contributed by atoms with van der Waals surface area (Å²) in [4.78, 5) is 2.39. The summed E-state index contributed by atoms with van der Waals surface area (Å²) in [6.45, 7) is 32.5. The van der Waals surface area contributed by atoms with Crippen LogP contribution >= 0.6 is 11.6 Å². The number of morpholine rings is 1. The highest BCUT2D eigenvalue weighted by Crippen LogP contribution is 2.00. The Hall–Kier alpha value is -0.570. The SMILES string of the molecule is C=C(C)/C=C\C(=C)Cl.CC.CC.CC.CC.CCN1CCOCC1. The van der Waals surface area contributed by atoms with Crippen LogP contribution in [0, 0.1) is 0 Å². The summed E-state index contributed by atoms with van der Waals surface area (Å²) >= 11 is 5.40. The van der Waals surface area contributed by atoms with Gasteiger partial charge in [0.05, 0.1) is 13.2 Å². The summed E-state index contributed by atoms with van der Waals surface area (Å²) in [5.74, 6) is 0. The molecule has 1 fully saturated rings. The number of allylic oxidation sites excluding steroid dienone is 4. The molecule has 1 rings (SSSR count). The maximum atomic E-state index is 5.40. The van der Waals surface area contributed by atoms with E-state index in [2.05, 4.69) is 25.0 Å². The lowest BCUT2D eigenvalue weighted by Crippen LogP contribution is -2.35. The van der Waals surface area contributed by atoms with Crippen molar-refractivity contribution in [3.63, 3.8) is 0 Å². The first-order chi connectivity index (χ1) is 11.6. The lowest BCUT2D eigenvalue weighted by Gasteiger charge is -2.24. The molecule has 24 heavy (non-hydrogen) atoms. The van der Waals surface area contributed by atoms with Gasteiger partial charge in [-0.25, -0.2) is 0 Å². The average Bonchev–Trinajstić information content (AvgIpc) is 2.67. The third-order valence-electron chi connectivity index (χ3n) is 2.10. The largest absolute Gasteiger partial charge is 0.379 e. The van der Waals surface area contributed by atoms with E-state index < -0.39 is 0 Å². The lowest BCUT2D eigenvalue weighted by atomic mass is 10.3. The van der Waals surface area contributed by atoms with Gasteiger partial charge in [-0.2, -0.15) is 0 Å². The van der Waals surface area contributed by atoms with Crippen LogP contribution in [0.15, 0.2) is 35.9 Å². The van der Waals surface area contributed by atoms with Crippen molar-refractivity contribution < 1.29 is 4.74 Å². The molecule has 0 bridgehead atoms. The molecule has 1 aliphatic heterocycles. The van der Waals surface area contributed by atoms with E-state index in [9.17, 15) is 0 Å². The molecule has 0 aromatic rings. The molecule has 1 heterocycles. The van der Waals surface area contributed by atoms with Crippen molar-refractivity contribution in [2.75, 3.05) is 32.8 Å². The van der Waals surface area contributed by atoms with Crippen molar-refractivity contribution in [2.45, 2.75) is 69.2 Å². The third-order valence-corrected chi connectivity index (χ3v) is 2.23. The van der Waals surface area contributed by atoms with Crippen LogP contribution in [0.5, 0.6) is 0 Å². The Morgan fingerprint density at radius 3 is 1.46 bits per heavy atom. The Labute approximate surface area is 159 Å². The van der Waals surface area contributed by atoms with Crippen LogP contribution in [0.4, 0.5) is 0 Å². The van der Waals surface area contributed by atoms with Gasteiger partial charge in [-0.15, -0.1) is 0 Å². The fraction of sp³-hybridized carbons (Fsp3) is 0.714. The zero-order valence-electron chi connectivity index (χ0n) is 18.3. The molecular formula is C21H46ClNO. The normalized spacial score (nSPS) is 12.1. The van der Waals surface area contributed by atoms with Crippen molar-refractivity contribution in [1.82, 2.24) is 4.90 Å². The van der Waals surface area contributed by atoms with Gasteiger partial charge in [0.1, 0.15) is 0 Å². The molecule has 1 aliphatic rings. The first kappa shape index (κ1) is 34.7. The number of hydrogen-bond donors (Lipinski definition) is 0. The Balaban J connectivity index is -0.0000000709. The molecule has 0 radical (unpaired) electrons. The van der Waals surface area contributed by atoms with Gasteiger partial charge in [-0.3, -0.25) is 4.90 Å². The van der Waals surface area contributed by atoms with Crippen molar-refractivity contribution in [2.24, 2.45) is 0 Å². The smallest absolute Gasteiger partial charge is 0.0594 e. The number of nitrogens with zero attached hydrogens (tertiary/aromatic N) is 1. The number of ether oxygens (including phenoxy) is 1. The second kappa shape index (κ2) is 38.2. The van der Waals surface area contributed by atoms with Gasteiger partial charge in [0, 0.05) is 18.1 Å². The predicted molar refractivity (Wildman–Crippen MR) is 117 cm³/mol. The van der Waals surface area contributed by atoms with Crippen LogP contribution in [0.25, 0.3) is 0 Å². The molecule has 2 nitrogen and oxygen atoms in total. The first-order valence-corrected chi connectivity index (χ1v) is 9.92. The van der Waals surface area contributed by atoms with Crippen LogP contribution in [0.1, 0.15) is 69.2 Å². The molecule has 0 spiro atoms. The second-order valence-electron chi connectivity index (χ2n) is 3.67. The number of rotatable bonds is 3. The van der Waals surface area contributed by atoms with Gasteiger partial charge >= 0.3 is 0 Å². The fourth-order valence-corrected chi connectivity index (χ4v) is 1.21. The van der Waals surface area contributed by atoms with E-state index in [4.69, 9.17) is 16.3 Å². The minimum atomic E-state index is 0.535. The van der Waals surface area contributed by atoms with Crippen LogP contribution < -0.4 is 0 Å². The van der Waals surface area contributed by atoms with Gasteiger partial charge in [0.15, 0.2) is 0 Å². The highest BCUT2D eigenvalue weighted by molar-refractivity contribution is 6.30. The van der Waals surface area contributed by atoms with Crippen LogP contribution in [0.2, 0.25) is 0 Å². The number of halogens is 1. The molecule has 0 aliphatic carbocycles.